The van der Waals surface area contributed by atoms with E-state index >= 15 is 0 Å². The summed E-state index contributed by atoms with van der Waals surface area (Å²) in [6.07, 6.45) is 13.0. The molecule has 1 N–H and O–H groups in total. The first-order chi connectivity index (χ1) is 8.84. The lowest BCUT2D eigenvalue weighted by Crippen LogP contribution is -2.28. The van der Waals surface area contributed by atoms with Crippen molar-refractivity contribution in [3.05, 3.63) is 18.0 Å². The normalized spacial score (nSPS) is 30.5. The van der Waals surface area contributed by atoms with E-state index in [0.29, 0.717) is 5.92 Å². The van der Waals surface area contributed by atoms with Gasteiger partial charge in [-0.05, 0) is 31.7 Å². The first-order valence-electron chi connectivity index (χ1n) is 7.58. The van der Waals surface area contributed by atoms with E-state index in [0.717, 1.165) is 19.3 Å². The van der Waals surface area contributed by atoms with E-state index in [1.165, 1.54) is 44.2 Å². The summed E-state index contributed by atoms with van der Waals surface area (Å²) in [5.41, 5.74) is 1.26. The number of hydrogen-bond acceptors (Lipinski definition) is 2. The van der Waals surface area contributed by atoms with Crippen molar-refractivity contribution < 1.29 is 5.11 Å². The van der Waals surface area contributed by atoms with Crippen molar-refractivity contribution in [2.24, 2.45) is 0 Å². The van der Waals surface area contributed by atoms with Crippen molar-refractivity contribution in [1.29, 1.82) is 0 Å². The van der Waals surface area contributed by atoms with Crippen molar-refractivity contribution >= 4 is 0 Å². The zero-order chi connectivity index (χ0) is 12.4. The Hall–Kier alpha value is -0.830. The average Bonchev–Trinajstić information content (AvgIpc) is 2.90. The van der Waals surface area contributed by atoms with Gasteiger partial charge >= 0.3 is 0 Å². The van der Waals surface area contributed by atoms with Crippen LogP contribution in [-0.2, 0) is 0 Å². The molecule has 2 saturated carbocycles. The van der Waals surface area contributed by atoms with Gasteiger partial charge in [0.25, 0.3) is 0 Å². The van der Waals surface area contributed by atoms with Crippen LogP contribution in [0.4, 0.5) is 0 Å². The molecule has 0 aromatic carbocycles. The molecule has 2 aliphatic carbocycles. The van der Waals surface area contributed by atoms with E-state index in [2.05, 4.69) is 12.3 Å². The lowest BCUT2D eigenvalue weighted by atomic mass is 9.87. The van der Waals surface area contributed by atoms with Gasteiger partial charge in [0.1, 0.15) is 0 Å². The van der Waals surface area contributed by atoms with Crippen LogP contribution in [0.2, 0.25) is 0 Å². The topological polar surface area (TPSA) is 38.0 Å². The summed E-state index contributed by atoms with van der Waals surface area (Å²) in [6, 6.07) is 2.40. The molecule has 0 radical (unpaired) electrons. The number of rotatable bonds is 2. The third-order valence-corrected chi connectivity index (χ3v) is 4.69. The van der Waals surface area contributed by atoms with Gasteiger partial charge in [-0.15, -0.1) is 0 Å². The first-order valence-corrected chi connectivity index (χ1v) is 7.58. The minimum atomic E-state index is -0.196. The van der Waals surface area contributed by atoms with Crippen LogP contribution >= 0.6 is 0 Å². The van der Waals surface area contributed by atoms with Crippen LogP contribution in [-0.4, -0.2) is 21.0 Å². The van der Waals surface area contributed by atoms with Crippen LogP contribution in [0, 0.1) is 0 Å². The van der Waals surface area contributed by atoms with Gasteiger partial charge in [-0.2, -0.15) is 5.10 Å². The first kappa shape index (κ1) is 12.2. The molecule has 1 aromatic heterocycles. The predicted octanol–water partition coefficient (Wildman–Crippen LogP) is 3.41. The molecule has 0 saturated heterocycles. The summed E-state index contributed by atoms with van der Waals surface area (Å²) >= 11 is 0. The molecule has 100 valence electrons. The molecule has 0 unspecified atom stereocenters. The molecule has 18 heavy (non-hydrogen) atoms. The number of nitrogens with zero attached hydrogens (tertiary/aromatic N) is 2. The highest BCUT2D eigenvalue weighted by atomic mass is 16.3. The van der Waals surface area contributed by atoms with Crippen molar-refractivity contribution in [2.45, 2.75) is 75.9 Å². The number of aliphatic hydroxyl groups excluding tert-OH is 1. The molecular weight excluding hydrogens is 224 g/mol. The molecule has 0 bridgehead atoms. The molecular formula is C15H24N2O. The second kappa shape index (κ2) is 5.43. The molecule has 0 spiro atoms. The fraction of sp³-hybridized carbons (Fsp3) is 0.800. The van der Waals surface area contributed by atoms with Crippen molar-refractivity contribution in [1.82, 2.24) is 9.78 Å². The third kappa shape index (κ3) is 2.46. The van der Waals surface area contributed by atoms with Crippen LogP contribution in [0.15, 0.2) is 12.3 Å². The predicted molar refractivity (Wildman–Crippen MR) is 71.6 cm³/mol. The van der Waals surface area contributed by atoms with Gasteiger partial charge < -0.3 is 5.11 Å². The summed E-state index contributed by atoms with van der Waals surface area (Å²) in [6.45, 7) is 0. The lowest BCUT2D eigenvalue weighted by molar-refractivity contribution is 0.0691. The van der Waals surface area contributed by atoms with Crippen LogP contribution in [0.3, 0.4) is 0 Å². The average molecular weight is 248 g/mol. The lowest BCUT2D eigenvalue weighted by Gasteiger charge is -2.28. The second-order valence-corrected chi connectivity index (χ2v) is 5.97. The van der Waals surface area contributed by atoms with Gasteiger partial charge in [0, 0.05) is 12.1 Å². The quantitative estimate of drug-likeness (QED) is 0.871. The van der Waals surface area contributed by atoms with Gasteiger partial charge in [0.05, 0.1) is 17.8 Å². The molecule has 0 amide bonds. The van der Waals surface area contributed by atoms with Crippen molar-refractivity contribution in [2.75, 3.05) is 0 Å². The summed E-state index contributed by atoms with van der Waals surface area (Å²) in [4.78, 5) is 0. The highest BCUT2D eigenvalue weighted by Crippen LogP contribution is 2.33. The number of hydrogen-bond donors (Lipinski definition) is 1. The summed E-state index contributed by atoms with van der Waals surface area (Å²) in [7, 11) is 0. The standard InChI is InChI=1S/C15H24N2O/c18-15-9-5-4-8-14(15)17-11-10-13(16-17)12-6-2-1-3-7-12/h10-12,14-15,18H,1-9H2/t14-,15-/m0/s1. The van der Waals surface area contributed by atoms with Crippen LogP contribution in [0.5, 0.6) is 0 Å². The highest BCUT2D eigenvalue weighted by molar-refractivity contribution is 5.08. The van der Waals surface area contributed by atoms with E-state index in [1.54, 1.807) is 0 Å². The van der Waals surface area contributed by atoms with Crippen LogP contribution < -0.4 is 0 Å². The Morgan fingerprint density at radius 1 is 1.00 bits per heavy atom. The maximum atomic E-state index is 10.1. The van der Waals surface area contributed by atoms with E-state index in [9.17, 15) is 5.11 Å². The summed E-state index contributed by atoms with van der Waals surface area (Å²) in [5.74, 6) is 0.667. The molecule has 2 aliphatic rings. The maximum absolute atomic E-state index is 10.1. The fourth-order valence-corrected chi connectivity index (χ4v) is 3.55. The molecule has 2 fully saturated rings. The number of aliphatic hydroxyl groups is 1. The van der Waals surface area contributed by atoms with E-state index in [4.69, 9.17) is 5.10 Å². The molecule has 1 aromatic rings. The zero-order valence-corrected chi connectivity index (χ0v) is 11.1. The van der Waals surface area contributed by atoms with E-state index in [-0.39, 0.29) is 12.1 Å². The van der Waals surface area contributed by atoms with Gasteiger partial charge in [-0.3, -0.25) is 4.68 Å². The third-order valence-electron chi connectivity index (χ3n) is 4.69. The number of aromatic nitrogens is 2. The Balaban J connectivity index is 1.71. The molecule has 0 aliphatic heterocycles. The zero-order valence-electron chi connectivity index (χ0n) is 11.1. The molecule has 3 nitrogen and oxygen atoms in total. The van der Waals surface area contributed by atoms with E-state index in [1.807, 2.05) is 4.68 Å². The van der Waals surface area contributed by atoms with E-state index < -0.39 is 0 Å². The van der Waals surface area contributed by atoms with Gasteiger partial charge in [-0.1, -0.05) is 32.1 Å². The van der Waals surface area contributed by atoms with Gasteiger partial charge in [-0.25, -0.2) is 0 Å². The minimum absolute atomic E-state index is 0.196. The fourth-order valence-electron chi connectivity index (χ4n) is 3.55. The molecule has 3 rings (SSSR count). The van der Waals surface area contributed by atoms with Gasteiger partial charge in [0.15, 0.2) is 0 Å². The Morgan fingerprint density at radius 2 is 1.72 bits per heavy atom. The molecule has 3 heteroatoms. The summed E-state index contributed by atoms with van der Waals surface area (Å²) < 4.78 is 2.04. The second-order valence-electron chi connectivity index (χ2n) is 5.97. The smallest absolute Gasteiger partial charge is 0.0778 e. The Bertz CT molecular complexity index is 382. The molecule has 2 atom stereocenters. The Morgan fingerprint density at radius 3 is 2.50 bits per heavy atom. The molecule has 1 heterocycles. The monoisotopic (exact) mass is 248 g/mol. The summed E-state index contributed by atoms with van der Waals surface area (Å²) in [5, 5.41) is 14.8. The van der Waals surface area contributed by atoms with Crippen molar-refractivity contribution in [3.63, 3.8) is 0 Å². The van der Waals surface area contributed by atoms with Crippen molar-refractivity contribution in [3.8, 4) is 0 Å². The maximum Gasteiger partial charge on any atom is 0.0778 e. The Labute approximate surface area is 109 Å². The van der Waals surface area contributed by atoms with Crippen LogP contribution in [0.1, 0.15) is 75.4 Å². The Kier molecular flexibility index (Phi) is 3.69. The van der Waals surface area contributed by atoms with Crippen LogP contribution in [0.25, 0.3) is 0 Å². The largest absolute Gasteiger partial charge is 0.391 e. The van der Waals surface area contributed by atoms with Gasteiger partial charge in [0.2, 0.25) is 0 Å². The SMILES string of the molecule is O[C@H]1CCCC[C@@H]1n1ccc(C2CCCCC2)n1. The highest BCUT2D eigenvalue weighted by Gasteiger charge is 2.26. The minimum Gasteiger partial charge on any atom is -0.391 e.